The molecule has 1 saturated heterocycles. The van der Waals surface area contributed by atoms with Crippen molar-refractivity contribution in [1.82, 2.24) is 9.80 Å². The number of carbonyl (C=O) groups excluding carboxylic acids is 2. The van der Waals surface area contributed by atoms with E-state index in [9.17, 15) is 9.59 Å². The summed E-state index contributed by atoms with van der Waals surface area (Å²) < 4.78 is 10.4. The van der Waals surface area contributed by atoms with Crippen molar-refractivity contribution in [3.8, 4) is 0 Å². The van der Waals surface area contributed by atoms with E-state index in [-0.39, 0.29) is 12.2 Å². The number of ether oxygens (including phenoxy) is 2. The van der Waals surface area contributed by atoms with E-state index in [0.717, 1.165) is 49.9 Å². The van der Waals surface area contributed by atoms with Crippen LogP contribution in [0.1, 0.15) is 36.8 Å². The van der Waals surface area contributed by atoms with E-state index in [1.54, 1.807) is 16.8 Å². The Balaban J connectivity index is 0.000000171. The average molecular weight is 411 g/mol. The SMILES string of the molecule is CN(C(=O)OCc1ccccc1)C1CC1.O=C(OCc1ccccc1)N1CCCC1. The monoisotopic (exact) mass is 410 g/mol. The Hall–Kier alpha value is -3.02. The maximum atomic E-state index is 11.5. The number of carbonyl (C=O) groups is 2. The lowest BCUT2D eigenvalue weighted by atomic mass is 10.2. The van der Waals surface area contributed by atoms with Gasteiger partial charge in [-0.25, -0.2) is 9.59 Å². The molecule has 160 valence electrons. The van der Waals surface area contributed by atoms with Crippen LogP contribution in [0.4, 0.5) is 9.59 Å². The van der Waals surface area contributed by atoms with Crippen molar-refractivity contribution in [2.75, 3.05) is 20.1 Å². The standard InChI is InChI=1S/2C12H15NO2/c1-13(11-7-8-11)12(14)15-9-10-5-3-2-4-6-10;14-12(13-8-4-5-9-13)15-10-11-6-2-1-3-7-11/h2-6,11H,7-9H2,1H3;1-3,6-7H,4-5,8-10H2. The van der Waals surface area contributed by atoms with E-state index in [4.69, 9.17) is 9.47 Å². The Kier molecular flexibility index (Phi) is 8.12. The Bertz CT molecular complexity index is 734. The van der Waals surface area contributed by atoms with E-state index in [1.165, 1.54) is 0 Å². The second-order valence-corrected chi connectivity index (χ2v) is 7.62. The molecule has 0 bridgehead atoms. The van der Waals surface area contributed by atoms with Crippen molar-refractivity contribution < 1.29 is 19.1 Å². The summed E-state index contributed by atoms with van der Waals surface area (Å²) in [5.74, 6) is 0. The third kappa shape index (κ3) is 7.10. The van der Waals surface area contributed by atoms with Crippen molar-refractivity contribution in [3.05, 3.63) is 71.8 Å². The van der Waals surface area contributed by atoms with Gasteiger partial charge in [0.2, 0.25) is 0 Å². The smallest absolute Gasteiger partial charge is 0.410 e. The molecule has 0 aromatic heterocycles. The summed E-state index contributed by atoms with van der Waals surface area (Å²) in [6.07, 6.45) is 4.01. The molecular weight excluding hydrogens is 380 g/mol. The zero-order valence-corrected chi connectivity index (χ0v) is 17.5. The fourth-order valence-electron chi connectivity index (χ4n) is 3.14. The molecule has 6 heteroatoms. The van der Waals surface area contributed by atoms with Gasteiger partial charge in [-0.05, 0) is 36.8 Å². The van der Waals surface area contributed by atoms with Gasteiger partial charge in [0, 0.05) is 26.2 Å². The van der Waals surface area contributed by atoms with Crippen LogP contribution in [0.15, 0.2) is 60.7 Å². The van der Waals surface area contributed by atoms with Crippen LogP contribution in [0.3, 0.4) is 0 Å². The van der Waals surface area contributed by atoms with Gasteiger partial charge in [-0.15, -0.1) is 0 Å². The third-order valence-electron chi connectivity index (χ3n) is 5.16. The minimum atomic E-state index is -0.221. The van der Waals surface area contributed by atoms with Gasteiger partial charge >= 0.3 is 12.2 Å². The second kappa shape index (κ2) is 11.2. The first kappa shape index (κ1) is 21.7. The van der Waals surface area contributed by atoms with Gasteiger partial charge in [-0.3, -0.25) is 0 Å². The molecule has 30 heavy (non-hydrogen) atoms. The second-order valence-electron chi connectivity index (χ2n) is 7.62. The highest BCUT2D eigenvalue weighted by molar-refractivity contribution is 5.68. The summed E-state index contributed by atoms with van der Waals surface area (Å²) in [5, 5.41) is 0. The number of likely N-dealkylation sites (tertiary alicyclic amines) is 1. The lowest BCUT2D eigenvalue weighted by Gasteiger charge is -2.15. The van der Waals surface area contributed by atoms with Crippen LogP contribution in [0, 0.1) is 0 Å². The number of rotatable bonds is 5. The summed E-state index contributed by atoms with van der Waals surface area (Å²) in [7, 11) is 1.80. The molecular formula is C24H30N2O4. The van der Waals surface area contributed by atoms with Gasteiger partial charge in [0.1, 0.15) is 13.2 Å². The van der Waals surface area contributed by atoms with E-state index >= 15 is 0 Å². The van der Waals surface area contributed by atoms with Gasteiger partial charge < -0.3 is 19.3 Å². The zero-order chi connectivity index (χ0) is 21.2. The van der Waals surface area contributed by atoms with E-state index in [2.05, 4.69) is 0 Å². The molecule has 2 aromatic carbocycles. The number of benzene rings is 2. The van der Waals surface area contributed by atoms with Crippen LogP contribution in [0.5, 0.6) is 0 Å². The summed E-state index contributed by atoms with van der Waals surface area (Å²) in [6, 6.07) is 19.9. The van der Waals surface area contributed by atoms with Gasteiger partial charge in [-0.1, -0.05) is 60.7 Å². The minimum Gasteiger partial charge on any atom is -0.445 e. The van der Waals surface area contributed by atoms with Crippen LogP contribution >= 0.6 is 0 Å². The Morgan fingerprint density at radius 1 is 0.867 bits per heavy atom. The molecule has 1 aliphatic heterocycles. The molecule has 2 fully saturated rings. The van der Waals surface area contributed by atoms with Crippen molar-refractivity contribution in [1.29, 1.82) is 0 Å². The van der Waals surface area contributed by atoms with Gasteiger partial charge in [0.05, 0.1) is 0 Å². The average Bonchev–Trinajstić information content (AvgIpc) is 3.50. The maximum Gasteiger partial charge on any atom is 0.410 e. The van der Waals surface area contributed by atoms with E-state index in [0.29, 0.717) is 19.3 Å². The molecule has 0 atom stereocenters. The molecule has 1 aliphatic carbocycles. The fraction of sp³-hybridized carbons (Fsp3) is 0.417. The number of hydrogen-bond acceptors (Lipinski definition) is 4. The highest BCUT2D eigenvalue weighted by Gasteiger charge is 2.30. The van der Waals surface area contributed by atoms with Crippen LogP contribution in [0.2, 0.25) is 0 Å². The Labute approximate surface area is 178 Å². The van der Waals surface area contributed by atoms with E-state index < -0.39 is 0 Å². The molecule has 0 spiro atoms. The predicted molar refractivity (Wildman–Crippen MR) is 115 cm³/mol. The van der Waals surface area contributed by atoms with Crippen molar-refractivity contribution in [2.45, 2.75) is 44.9 Å². The largest absolute Gasteiger partial charge is 0.445 e. The van der Waals surface area contributed by atoms with Gasteiger partial charge in [-0.2, -0.15) is 0 Å². The first-order valence-electron chi connectivity index (χ1n) is 10.5. The Morgan fingerprint density at radius 3 is 1.87 bits per heavy atom. The quantitative estimate of drug-likeness (QED) is 0.708. The molecule has 0 radical (unpaired) electrons. The molecule has 1 saturated carbocycles. The number of hydrogen-bond donors (Lipinski definition) is 0. The van der Waals surface area contributed by atoms with Gasteiger partial charge in [0.25, 0.3) is 0 Å². The van der Waals surface area contributed by atoms with Crippen LogP contribution < -0.4 is 0 Å². The molecule has 0 unspecified atom stereocenters. The summed E-state index contributed by atoms with van der Waals surface area (Å²) >= 11 is 0. The number of amides is 2. The lowest BCUT2D eigenvalue weighted by Crippen LogP contribution is -2.29. The van der Waals surface area contributed by atoms with E-state index in [1.807, 2.05) is 60.7 Å². The van der Waals surface area contributed by atoms with Crippen molar-refractivity contribution in [3.63, 3.8) is 0 Å². The molecule has 2 aliphatic rings. The molecule has 4 rings (SSSR count). The zero-order valence-electron chi connectivity index (χ0n) is 17.5. The summed E-state index contributed by atoms with van der Waals surface area (Å²) in [4.78, 5) is 26.5. The van der Waals surface area contributed by atoms with Crippen LogP contribution in [-0.2, 0) is 22.7 Å². The first-order valence-corrected chi connectivity index (χ1v) is 10.5. The highest BCUT2D eigenvalue weighted by Crippen LogP contribution is 2.25. The Morgan fingerprint density at radius 2 is 1.37 bits per heavy atom. The third-order valence-corrected chi connectivity index (χ3v) is 5.16. The number of nitrogens with zero attached hydrogens (tertiary/aromatic N) is 2. The molecule has 6 nitrogen and oxygen atoms in total. The van der Waals surface area contributed by atoms with Gasteiger partial charge in [0.15, 0.2) is 0 Å². The normalized spacial score (nSPS) is 15.0. The maximum absolute atomic E-state index is 11.5. The summed E-state index contributed by atoms with van der Waals surface area (Å²) in [6.45, 7) is 2.41. The highest BCUT2D eigenvalue weighted by atomic mass is 16.6. The van der Waals surface area contributed by atoms with Crippen molar-refractivity contribution in [2.24, 2.45) is 0 Å². The molecule has 0 N–H and O–H groups in total. The fourth-order valence-corrected chi connectivity index (χ4v) is 3.14. The van der Waals surface area contributed by atoms with Crippen molar-refractivity contribution >= 4 is 12.2 Å². The summed E-state index contributed by atoms with van der Waals surface area (Å²) in [5.41, 5.74) is 2.06. The lowest BCUT2D eigenvalue weighted by molar-refractivity contribution is 0.102. The van der Waals surface area contributed by atoms with Crippen LogP contribution in [0.25, 0.3) is 0 Å². The predicted octanol–water partition coefficient (Wildman–Crippen LogP) is 4.84. The minimum absolute atomic E-state index is 0.184. The first-order chi connectivity index (χ1) is 14.6. The topological polar surface area (TPSA) is 59.1 Å². The molecule has 2 aromatic rings. The molecule has 1 heterocycles. The van der Waals surface area contributed by atoms with Crippen LogP contribution in [-0.4, -0.2) is 48.2 Å². The molecule has 2 amide bonds.